The van der Waals surface area contributed by atoms with Gasteiger partial charge < -0.3 is 10.2 Å². The summed E-state index contributed by atoms with van der Waals surface area (Å²) in [5.74, 6) is 1.43. The van der Waals surface area contributed by atoms with Gasteiger partial charge in [0.05, 0.1) is 5.69 Å². The Hall–Kier alpha value is -2.80. The van der Waals surface area contributed by atoms with Crippen LogP contribution in [0.25, 0.3) is 17.0 Å². The smallest absolute Gasteiger partial charge is 0.261 e. The van der Waals surface area contributed by atoms with Crippen LogP contribution in [-0.2, 0) is 11.3 Å². The van der Waals surface area contributed by atoms with Crippen LogP contribution in [-0.4, -0.2) is 39.0 Å². The number of halogens is 1. The third-order valence-corrected chi connectivity index (χ3v) is 6.47. The number of nitrogens with one attached hydrogen (secondary N) is 1. The molecule has 1 aliphatic rings. The Morgan fingerprint density at radius 3 is 2.70 bits per heavy atom. The van der Waals surface area contributed by atoms with E-state index in [9.17, 15) is 9.59 Å². The second kappa shape index (κ2) is 10.4. The van der Waals surface area contributed by atoms with Crippen LogP contribution in [0.15, 0.2) is 41.3 Å². The van der Waals surface area contributed by atoms with Crippen LogP contribution in [0.5, 0.6) is 0 Å². The summed E-state index contributed by atoms with van der Waals surface area (Å²) < 4.78 is 3.73. The van der Waals surface area contributed by atoms with Gasteiger partial charge in [0.25, 0.3) is 5.56 Å². The van der Waals surface area contributed by atoms with Gasteiger partial charge in [0, 0.05) is 42.5 Å². The van der Waals surface area contributed by atoms with Crippen molar-refractivity contribution in [3.8, 4) is 11.3 Å². The quantitative estimate of drug-likeness (QED) is 0.468. The maximum Gasteiger partial charge on any atom is 0.261 e. The highest BCUT2D eigenvalue weighted by Gasteiger charge is 2.33. The maximum atomic E-state index is 13.1. The standard InChI is InChI=1S/C25H32ClN5O2/c1-3-5-6-14-30-22(29-15-7-8-21(29)24(33)27-13-4-2)16-23(32)31-17-20(28-25(30)31)18-9-11-19(26)12-10-18/h9-12,16-17,21H,3-8,13-15H2,1-2H3,(H,27,33). The molecule has 0 bridgehead atoms. The van der Waals surface area contributed by atoms with Crippen molar-refractivity contribution >= 4 is 29.1 Å². The highest BCUT2D eigenvalue weighted by atomic mass is 35.5. The number of hydrogen-bond donors (Lipinski definition) is 1. The normalized spacial score (nSPS) is 16.0. The topological polar surface area (TPSA) is 71.6 Å². The van der Waals surface area contributed by atoms with Gasteiger partial charge in [0.1, 0.15) is 11.9 Å². The molecule has 1 unspecified atom stereocenters. The number of benzene rings is 1. The molecule has 0 aliphatic carbocycles. The first kappa shape index (κ1) is 23.4. The number of hydrogen-bond acceptors (Lipinski definition) is 4. The van der Waals surface area contributed by atoms with E-state index >= 15 is 0 Å². The van der Waals surface area contributed by atoms with E-state index in [1.165, 1.54) is 0 Å². The summed E-state index contributed by atoms with van der Waals surface area (Å²) in [6.45, 7) is 6.37. The lowest BCUT2D eigenvalue weighted by molar-refractivity contribution is -0.122. The molecule has 1 saturated heterocycles. The molecule has 2 aromatic heterocycles. The van der Waals surface area contributed by atoms with E-state index in [0.717, 1.165) is 68.7 Å². The number of aryl methyl sites for hydroxylation is 1. The van der Waals surface area contributed by atoms with Crippen LogP contribution >= 0.6 is 11.6 Å². The number of rotatable bonds is 9. The Morgan fingerprint density at radius 2 is 1.97 bits per heavy atom. The molecule has 0 spiro atoms. The van der Waals surface area contributed by atoms with Crippen LogP contribution < -0.4 is 15.8 Å². The number of fused-ring (bicyclic) bond motifs is 1. The Labute approximate surface area is 199 Å². The van der Waals surface area contributed by atoms with Gasteiger partial charge in [-0.1, -0.05) is 50.4 Å². The summed E-state index contributed by atoms with van der Waals surface area (Å²) in [6.07, 6.45) is 7.55. The number of anilines is 1. The first-order chi connectivity index (χ1) is 16.0. The average molecular weight is 470 g/mol. The van der Waals surface area contributed by atoms with Crippen molar-refractivity contribution in [2.45, 2.75) is 65.0 Å². The second-order valence-electron chi connectivity index (χ2n) is 8.65. The summed E-state index contributed by atoms with van der Waals surface area (Å²) in [7, 11) is 0. The highest BCUT2D eigenvalue weighted by Crippen LogP contribution is 2.28. The summed E-state index contributed by atoms with van der Waals surface area (Å²) in [4.78, 5) is 33.0. The average Bonchev–Trinajstić information content (AvgIpc) is 3.47. The van der Waals surface area contributed by atoms with Crippen LogP contribution in [0, 0.1) is 0 Å². The van der Waals surface area contributed by atoms with Crippen molar-refractivity contribution in [1.29, 1.82) is 0 Å². The fourth-order valence-electron chi connectivity index (χ4n) is 4.50. The number of aromatic nitrogens is 3. The van der Waals surface area contributed by atoms with Crippen LogP contribution in [0.1, 0.15) is 52.4 Å². The number of carbonyl (C=O) groups is 1. The lowest BCUT2D eigenvalue weighted by Crippen LogP contribution is -2.45. The van der Waals surface area contributed by atoms with E-state index in [0.29, 0.717) is 17.3 Å². The molecule has 4 rings (SSSR count). The Bertz CT molecular complexity index is 1170. The third kappa shape index (κ3) is 4.93. The van der Waals surface area contributed by atoms with E-state index in [1.54, 1.807) is 16.7 Å². The molecule has 8 heteroatoms. The summed E-state index contributed by atoms with van der Waals surface area (Å²) in [5.41, 5.74) is 1.49. The molecule has 1 amide bonds. The van der Waals surface area contributed by atoms with Crippen molar-refractivity contribution in [1.82, 2.24) is 19.3 Å². The Balaban J connectivity index is 1.79. The highest BCUT2D eigenvalue weighted by molar-refractivity contribution is 6.30. The number of unbranched alkanes of at least 4 members (excludes halogenated alkanes) is 2. The van der Waals surface area contributed by atoms with Gasteiger partial charge in [-0.3, -0.25) is 18.6 Å². The van der Waals surface area contributed by atoms with E-state index in [4.69, 9.17) is 16.6 Å². The molecule has 176 valence electrons. The molecule has 3 aromatic rings. The summed E-state index contributed by atoms with van der Waals surface area (Å²) in [5, 5.41) is 3.69. The minimum atomic E-state index is -0.262. The Morgan fingerprint density at radius 1 is 1.18 bits per heavy atom. The van der Waals surface area contributed by atoms with Gasteiger partial charge in [-0.2, -0.15) is 0 Å². The zero-order chi connectivity index (χ0) is 23.4. The molecule has 1 fully saturated rings. The van der Waals surface area contributed by atoms with Crippen LogP contribution in [0.2, 0.25) is 5.02 Å². The second-order valence-corrected chi connectivity index (χ2v) is 9.08. The van der Waals surface area contributed by atoms with E-state index in [1.807, 2.05) is 31.2 Å². The molecule has 1 N–H and O–H groups in total. The maximum absolute atomic E-state index is 13.1. The lowest BCUT2D eigenvalue weighted by atomic mass is 10.2. The molecule has 3 heterocycles. The van der Waals surface area contributed by atoms with Crippen LogP contribution in [0.4, 0.5) is 5.82 Å². The zero-order valence-electron chi connectivity index (χ0n) is 19.4. The van der Waals surface area contributed by atoms with E-state index in [-0.39, 0.29) is 17.5 Å². The van der Waals surface area contributed by atoms with Crippen molar-refractivity contribution in [2.75, 3.05) is 18.0 Å². The number of amides is 1. The Kier molecular flexibility index (Phi) is 7.38. The number of nitrogens with zero attached hydrogens (tertiary/aromatic N) is 4. The summed E-state index contributed by atoms with van der Waals surface area (Å²) in [6, 6.07) is 8.86. The van der Waals surface area contributed by atoms with Gasteiger partial charge in [-0.05, 0) is 37.8 Å². The van der Waals surface area contributed by atoms with Gasteiger partial charge in [-0.25, -0.2) is 4.98 Å². The minimum Gasteiger partial charge on any atom is -0.354 e. The zero-order valence-corrected chi connectivity index (χ0v) is 20.1. The monoisotopic (exact) mass is 469 g/mol. The molecule has 1 aromatic carbocycles. The van der Waals surface area contributed by atoms with E-state index in [2.05, 4.69) is 21.7 Å². The summed E-state index contributed by atoms with van der Waals surface area (Å²) >= 11 is 6.05. The molecule has 7 nitrogen and oxygen atoms in total. The fraction of sp³-hybridized carbons (Fsp3) is 0.480. The predicted molar refractivity (Wildman–Crippen MR) is 133 cm³/mol. The SMILES string of the molecule is CCCCCn1c(N2CCCC2C(=O)NCCC)cc(=O)n2cc(-c3ccc(Cl)cc3)nc12. The fourth-order valence-corrected chi connectivity index (χ4v) is 4.62. The van der Waals surface area contributed by atoms with E-state index < -0.39 is 0 Å². The van der Waals surface area contributed by atoms with Gasteiger partial charge in [-0.15, -0.1) is 0 Å². The first-order valence-corrected chi connectivity index (χ1v) is 12.3. The largest absolute Gasteiger partial charge is 0.354 e. The van der Waals surface area contributed by atoms with Gasteiger partial charge >= 0.3 is 0 Å². The van der Waals surface area contributed by atoms with Crippen molar-refractivity contribution in [3.05, 3.63) is 51.9 Å². The lowest BCUT2D eigenvalue weighted by Gasteiger charge is -2.29. The third-order valence-electron chi connectivity index (χ3n) is 6.22. The predicted octanol–water partition coefficient (Wildman–Crippen LogP) is 4.50. The molecule has 0 saturated carbocycles. The van der Waals surface area contributed by atoms with Crippen molar-refractivity contribution in [2.24, 2.45) is 0 Å². The number of imidazole rings is 1. The van der Waals surface area contributed by atoms with Crippen molar-refractivity contribution < 1.29 is 4.79 Å². The molecular formula is C25H32ClN5O2. The van der Waals surface area contributed by atoms with Gasteiger partial charge in [0.15, 0.2) is 0 Å². The van der Waals surface area contributed by atoms with Crippen LogP contribution in [0.3, 0.4) is 0 Å². The molecule has 1 aliphatic heterocycles. The van der Waals surface area contributed by atoms with Crippen molar-refractivity contribution in [3.63, 3.8) is 0 Å². The molecule has 33 heavy (non-hydrogen) atoms. The molecular weight excluding hydrogens is 438 g/mol. The number of carbonyl (C=O) groups excluding carboxylic acids is 1. The minimum absolute atomic E-state index is 0.0342. The van der Waals surface area contributed by atoms with Gasteiger partial charge in [0.2, 0.25) is 11.7 Å². The molecule has 0 radical (unpaired) electrons. The first-order valence-electron chi connectivity index (χ1n) is 12.0. The molecule has 1 atom stereocenters.